The van der Waals surface area contributed by atoms with Crippen molar-refractivity contribution in [3.63, 3.8) is 0 Å². The van der Waals surface area contributed by atoms with Crippen molar-refractivity contribution in [3.8, 4) is 0 Å². The number of para-hydroxylation sites is 1. The van der Waals surface area contributed by atoms with Crippen LogP contribution in [-0.2, 0) is 14.8 Å². The Morgan fingerprint density at radius 3 is 2.25 bits per heavy atom. The molecule has 0 aromatic heterocycles. The molecule has 0 unspecified atom stereocenters. The third-order valence-corrected chi connectivity index (χ3v) is 6.32. The molecule has 0 radical (unpaired) electrons. The van der Waals surface area contributed by atoms with Crippen LogP contribution in [0.1, 0.15) is 43.4 Å². The summed E-state index contributed by atoms with van der Waals surface area (Å²) in [5.74, 6) is -0.189. The second-order valence-corrected chi connectivity index (χ2v) is 9.62. The standard InChI is InChI=1S/C21H27ClN2O3S/c1-13(2)18-9-7-8-15(4)20(18)23-21(25)16(5)24(28(6,26)27)17-11-10-14(3)19(22)12-17/h7-13,16H,1-6H3,(H,23,25)/t16-/m0/s1. The molecule has 2 rings (SSSR count). The molecule has 0 saturated heterocycles. The van der Waals surface area contributed by atoms with Crippen molar-refractivity contribution < 1.29 is 13.2 Å². The van der Waals surface area contributed by atoms with Gasteiger partial charge in [0.05, 0.1) is 11.9 Å². The van der Waals surface area contributed by atoms with Crippen LogP contribution >= 0.6 is 11.6 Å². The van der Waals surface area contributed by atoms with Gasteiger partial charge in [-0.2, -0.15) is 0 Å². The van der Waals surface area contributed by atoms with E-state index >= 15 is 0 Å². The van der Waals surface area contributed by atoms with E-state index in [0.29, 0.717) is 10.7 Å². The summed E-state index contributed by atoms with van der Waals surface area (Å²) in [6.45, 7) is 9.41. The van der Waals surface area contributed by atoms with Crippen molar-refractivity contribution >= 4 is 38.9 Å². The van der Waals surface area contributed by atoms with Crippen molar-refractivity contribution in [1.82, 2.24) is 0 Å². The molecule has 0 spiro atoms. The number of carbonyl (C=O) groups excluding carboxylic acids is 1. The van der Waals surface area contributed by atoms with Crippen molar-refractivity contribution in [2.45, 2.75) is 46.6 Å². The van der Waals surface area contributed by atoms with Gasteiger partial charge in [-0.05, 0) is 55.5 Å². The molecule has 0 aliphatic heterocycles. The van der Waals surface area contributed by atoms with Gasteiger partial charge in [-0.3, -0.25) is 9.10 Å². The Bertz CT molecular complexity index is 987. The summed E-state index contributed by atoms with van der Waals surface area (Å²) in [5, 5.41) is 3.37. The first-order chi connectivity index (χ1) is 12.9. The van der Waals surface area contributed by atoms with Gasteiger partial charge in [0.2, 0.25) is 15.9 Å². The van der Waals surface area contributed by atoms with Crippen LogP contribution in [0.4, 0.5) is 11.4 Å². The predicted molar refractivity (Wildman–Crippen MR) is 117 cm³/mol. The Hall–Kier alpha value is -2.05. The lowest BCUT2D eigenvalue weighted by Crippen LogP contribution is -2.45. The molecular formula is C21H27ClN2O3S. The van der Waals surface area contributed by atoms with Crippen LogP contribution in [0.2, 0.25) is 5.02 Å². The number of hydrogen-bond acceptors (Lipinski definition) is 3. The molecule has 0 aliphatic rings. The molecule has 1 N–H and O–H groups in total. The maximum Gasteiger partial charge on any atom is 0.248 e. The summed E-state index contributed by atoms with van der Waals surface area (Å²) >= 11 is 6.18. The minimum atomic E-state index is -3.71. The number of carbonyl (C=O) groups is 1. The second kappa shape index (κ2) is 8.53. The van der Waals surface area contributed by atoms with E-state index in [-0.39, 0.29) is 5.92 Å². The number of rotatable bonds is 6. The summed E-state index contributed by atoms with van der Waals surface area (Å²) in [4.78, 5) is 13.0. The van der Waals surface area contributed by atoms with E-state index in [9.17, 15) is 13.2 Å². The quantitative estimate of drug-likeness (QED) is 0.721. The van der Waals surface area contributed by atoms with Crippen molar-refractivity contribution in [1.29, 1.82) is 0 Å². The van der Waals surface area contributed by atoms with E-state index in [1.165, 1.54) is 0 Å². The molecular weight excluding hydrogens is 396 g/mol. The average molecular weight is 423 g/mol. The van der Waals surface area contributed by atoms with Gasteiger partial charge in [0.1, 0.15) is 6.04 Å². The molecule has 2 aromatic rings. The zero-order valence-electron chi connectivity index (χ0n) is 17.1. The summed E-state index contributed by atoms with van der Waals surface area (Å²) in [6.07, 6.45) is 1.08. The molecule has 0 bridgehead atoms. The first kappa shape index (κ1) is 22.2. The average Bonchev–Trinajstić information content (AvgIpc) is 2.58. The number of nitrogens with one attached hydrogen (secondary N) is 1. The minimum Gasteiger partial charge on any atom is -0.324 e. The number of sulfonamides is 1. The van der Waals surface area contributed by atoms with Gasteiger partial charge in [0.25, 0.3) is 0 Å². The van der Waals surface area contributed by atoms with Gasteiger partial charge in [-0.25, -0.2) is 8.42 Å². The highest BCUT2D eigenvalue weighted by molar-refractivity contribution is 7.92. The van der Waals surface area contributed by atoms with Crippen LogP contribution < -0.4 is 9.62 Å². The van der Waals surface area contributed by atoms with E-state index < -0.39 is 22.0 Å². The number of nitrogens with zero attached hydrogens (tertiary/aromatic N) is 1. The number of anilines is 2. The number of hydrogen-bond donors (Lipinski definition) is 1. The molecule has 28 heavy (non-hydrogen) atoms. The Morgan fingerprint density at radius 1 is 1.07 bits per heavy atom. The van der Waals surface area contributed by atoms with E-state index in [2.05, 4.69) is 5.32 Å². The molecule has 2 aromatic carbocycles. The lowest BCUT2D eigenvalue weighted by atomic mass is 9.98. The first-order valence-corrected chi connectivity index (χ1v) is 11.3. The van der Waals surface area contributed by atoms with Crippen LogP contribution in [0.15, 0.2) is 36.4 Å². The lowest BCUT2D eigenvalue weighted by molar-refractivity contribution is -0.116. The molecule has 152 valence electrons. The molecule has 0 heterocycles. The van der Waals surface area contributed by atoms with Crippen molar-refractivity contribution in [2.75, 3.05) is 15.9 Å². The first-order valence-electron chi connectivity index (χ1n) is 9.09. The molecule has 5 nitrogen and oxygen atoms in total. The zero-order chi connectivity index (χ0) is 21.2. The van der Waals surface area contributed by atoms with Gasteiger partial charge in [-0.1, -0.05) is 49.7 Å². The highest BCUT2D eigenvalue weighted by atomic mass is 35.5. The minimum absolute atomic E-state index is 0.215. The lowest BCUT2D eigenvalue weighted by Gasteiger charge is -2.29. The maximum absolute atomic E-state index is 13.0. The van der Waals surface area contributed by atoms with Crippen LogP contribution in [0.5, 0.6) is 0 Å². The Kier molecular flexibility index (Phi) is 6.78. The Labute approximate surface area is 172 Å². The summed E-state index contributed by atoms with van der Waals surface area (Å²) in [5.41, 5.74) is 3.85. The number of amides is 1. The number of halogens is 1. The fourth-order valence-corrected chi connectivity index (χ4v) is 4.44. The fourth-order valence-electron chi connectivity index (χ4n) is 3.10. The van der Waals surface area contributed by atoms with Crippen LogP contribution in [-0.4, -0.2) is 26.6 Å². The summed E-state index contributed by atoms with van der Waals surface area (Å²) < 4.78 is 26.0. The molecule has 7 heteroatoms. The SMILES string of the molecule is Cc1ccc(N([C@@H](C)C(=O)Nc2c(C)cccc2C(C)C)S(C)(=O)=O)cc1Cl. The van der Waals surface area contributed by atoms with Gasteiger partial charge in [0, 0.05) is 10.7 Å². The third kappa shape index (κ3) is 4.86. The fraction of sp³-hybridized carbons (Fsp3) is 0.381. The Morgan fingerprint density at radius 2 is 1.71 bits per heavy atom. The van der Waals surface area contributed by atoms with Crippen LogP contribution in [0, 0.1) is 13.8 Å². The zero-order valence-corrected chi connectivity index (χ0v) is 18.6. The van der Waals surface area contributed by atoms with Gasteiger partial charge >= 0.3 is 0 Å². The topological polar surface area (TPSA) is 66.5 Å². The predicted octanol–water partition coefficient (Wildman–Crippen LogP) is 4.87. The maximum atomic E-state index is 13.0. The van der Waals surface area contributed by atoms with Crippen molar-refractivity contribution in [2.24, 2.45) is 0 Å². The molecule has 1 amide bonds. The normalized spacial score (nSPS) is 12.7. The largest absolute Gasteiger partial charge is 0.324 e. The number of benzene rings is 2. The molecule has 1 atom stereocenters. The smallest absolute Gasteiger partial charge is 0.248 e. The highest BCUT2D eigenvalue weighted by Crippen LogP contribution is 2.30. The highest BCUT2D eigenvalue weighted by Gasteiger charge is 2.30. The Balaban J connectivity index is 2.42. The summed E-state index contributed by atoms with van der Waals surface area (Å²) in [7, 11) is -3.71. The van der Waals surface area contributed by atoms with Gasteiger partial charge in [-0.15, -0.1) is 0 Å². The third-order valence-electron chi connectivity index (χ3n) is 4.67. The van der Waals surface area contributed by atoms with Gasteiger partial charge in [0.15, 0.2) is 0 Å². The van der Waals surface area contributed by atoms with Gasteiger partial charge < -0.3 is 5.32 Å². The van der Waals surface area contributed by atoms with E-state index in [1.54, 1.807) is 25.1 Å². The molecule has 0 fully saturated rings. The van der Waals surface area contributed by atoms with E-state index in [4.69, 9.17) is 11.6 Å². The van der Waals surface area contributed by atoms with E-state index in [0.717, 1.165) is 32.9 Å². The van der Waals surface area contributed by atoms with Crippen LogP contribution in [0.25, 0.3) is 0 Å². The molecule has 0 aliphatic carbocycles. The van der Waals surface area contributed by atoms with E-state index in [1.807, 2.05) is 45.9 Å². The molecule has 0 saturated carbocycles. The number of aryl methyl sites for hydroxylation is 2. The monoisotopic (exact) mass is 422 g/mol. The summed E-state index contributed by atoms with van der Waals surface area (Å²) in [6, 6.07) is 9.83. The second-order valence-electron chi connectivity index (χ2n) is 7.35. The van der Waals surface area contributed by atoms with Crippen molar-refractivity contribution in [3.05, 3.63) is 58.1 Å². The van der Waals surface area contributed by atoms with Crippen LogP contribution in [0.3, 0.4) is 0 Å².